The second kappa shape index (κ2) is 9.13. The van der Waals surface area contributed by atoms with E-state index in [2.05, 4.69) is 14.9 Å². The number of carbonyl (C=O) groups is 1. The van der Waals surface area contributed by atoms with Crippen LogP contribution in [-0.2, 0) is 29.5 Å². The third-order valence-corrected chi connectivity index (χ3v) is 8.15. The number of hydrogen-bond donors (Lipinski definition) is 1. The van der Waals surface area contributed by atoms with Gasteiger partial charge in [-0.25, -0.2) is 13.1 Å². The van der Waals surface area contributed by atoms with Crippen LogP contribution < -0.4 is 4.72 Å². The number of carbonyl (C=O) groups excluding carboxylic acids is 1. The molecule has 4 aromatic rings. The lowest BCUT2D eigenvalue weighted by molar-refractivity contribution is 0.0692. The molecule has 174 valence electrons. The van der Waals surface area contributed by atoms with Crippen molar-refractivity contribution >= 4 is 27.3 Å². The van der Waals surface area contributed by atoms with Crippen molar-refractivity contribution in [1.29, 1.82) is 0 Å². The van der Waals surface area contributed by atoms with Crippen molar-refractivity contribution in [1.82, 2.24) is 19.8 Å². The molecule has 0 bridgehead atoms. The highest BCUT2D eigenvalue weighted by Gasteiger charge is 2.27. The molecule has 1 aliphatic rings. The SMILES string of the molecule is Cc1ncc2c(c1CNS(=O)(=O)c1ccsc1)CCN(C(=O)c1cc(-c3ccccc3)no1)C2. The minimum atomic E-state index is -3.59. The highest BCUT2D eigenvalue weighted by molar-refractivity contribution is 7.89. The number of aryl methyl sites for hydroxylation is 1. The summed E-state index contributed by atoms with van der Waals surface area (Å²) in [6.07, 6.45) is 2.36. The molecule has 0 saturated carbocycles. The molecule has 0 fully saturated rings. The van der Waals surface area contributed by atoms with Gasteiger partial charge < -0.3 is 9.42 Å². The van der Waals surface area contributed by atoms with Gasteiger partial charge in [0.2, 0.25) is 15.8 Å². The van der Waals surface area contributed by atoms with Crippen molar-refractivity contribution in [3.05, 3.63) is 87.6 Å². The highest BCUT2D eigenvalue weighted by atomic mass is 32.2. The van der Waals surface area contributed by atoms with Crippen molar-refractivity contribution < 1.29 is 17.7 Å². The van der Waals surface area contributed by atoms with Gasteiger partial charge in [-0.2, -0.15) is 11.3 Å². The Labute approximate surface area is 201 Å². The number of aromatic nitrogens is 2. The van der Waals surface area contributed by atoms with Crippen LogP contribution in [0.1, 0.15) is 32.9 Å². The van der Waals surface area contributed by atoms with E-state index < -0.39 is 10.0 Å². The number of amides is 1. The zero-order valence-corrected chi connectivity index (χ0v) is 20.0. The zero-order valence-electron chi connectivity index (χ0n) is 18.4. The number of fused-ring (bicyclic) bond motifs is 1. The Kier molecular flexibility index (Phi) is 6.03. The van der Waals surface area contributed by atoms with Crippen LogP contribution in [0.15, 0.2) is 68.8 Å². The first kappa shape index (κ1) is 22.5. The Hall–Kier alpha value is -3.34. The number of pyridine rings is 1. The summed E-state index contributed by atoms with van der Waals surface area (Å²) in [5, 5.41) is 7.37. The lowest BCUT2D eigenvalue weighted by Crippen LogP contribution is -2.37. The molecule has 0 radical (unpaired) electrons. The Morgan fingerprint density at radius 1 is 1.24 bits per heavy atom. The Bertz CT molecular complexity index is 1430. The van der Waals surface area contributed by atoms with E-state index in [1.807, 2.05) is 37.3 Å². The number of thiophene rings is 1. The fraction of sp³-hybridized carbons (Fsp3) is 0.208. The van der Waals surface area contributed by atoms with Crippen molar-refractivity contribution in [2.24, 2.45) is 0 Å². The molecule has 1 N–H and O–H groups in total. The van der Waals surface area contributed by atoms with E-state index in [1.165, 1.54) is 11.3 Å². The Morgan fingerprint density at radius 2 is 2.06 bits per heavy atom. The molecule has 0 saturated heterocycles. The summed E-state index contributed by atoms with van der Waals surface area (Å²) in [5.74, 6) is -0.0493. The van der Waals surface area contributed by atoms with Crippen molar-refractivity contribution in [3.8, 4) is 11.3 Å². The van der Waals surface area contributed by atoms with Crippen LogP contribution in [0, 0.1) is 6.92 Å². The first-order chi connectivity index (χ1) is 16.4. The smallest absolute Gasteiger partial charge is 0.292 e. The molecule has 8 nitrogen and oxygen atoms in total. The van der Waals surface area contributed by atoms with Crippen LogP contribution >= 0.6 is 11.3 Å². The number of benzene rings is 1. The fourth-order valence-electron chi connectivity index (χ4n) is 4.06. The molecule has 10 heteroatoms. The Balaban J connectivity index is 1.33. The lowest BCUT2D eigenvalue weighted by atomic mass is 9.95. The van der Waals surface area contributed by atoms with Crippen LogP contribution in [0.5, 0.6) is 0 Å². The number of sulfonamides is 1. The van der Waals surface area contributed by atoms with Gasteiger partial charge in [-0.05, 0) is 41.5 Å². The van der Waals surface area contributed by atoms with Gasteiger partial charge in [0.1, 0.15) is 5.69 Å². The first-order valence-corrected chi connectivity index (χ1v) is 13.1. The van der Waals surface area contributed by atoms with E-state index in [0.717, 1.165) is 27.9 Å². The molecule has 0 spiro atoms. The largest absolute Gasteiger partial charge is 0.350 e. The van der Waals surface area contributed by atoms with Gasteiger partial charge in [-0.3, -0.25) is 9.78 Å². The summed E-state index contributed by atoms with van der Waals surface area (Å²) in [6.45, 7) is 2.87. The van der Waals surface area contributed by atoms with Crippen molar-refractivity contribution in [2.75, 3.05) is 6.54 Å². The molecule has 5 rings (SSSR count). The third-order valence-electron chi connectivity index (χ3n) is 5.92. The minimum Gasteiger partial charge on any atom is -0.350 e. The molecule has 1 aromatic carbocycles. The topological polar surface area (TPSA) is 105 Å². The normalized spacial score (nSPS) is 13.6. The van der Waals surface area contributed by atoms with Crippen LogP contribution in [0.3, 0.4) is 0 Å². The lowest BCUT2D eigenvalue weighted by Gasteiger charge is -2.29. The van der Waals surface area contributed by atoms with Crippen LogP contribution in [0.25, 0.3) is 11.3 Å². The van der Waals surface area contributed by atoms with Crippen LogP contribution in [0.4, 0.5) is 0 Å². The molecule has 0 atom stereocenters. The quantitative estimate of drug-likeness (QED) is 0.437. The monoisotopic (exact) mass is 494 g/mol. The average Bonchev–Trinajstić information content (AvgIpc) is 3.56. The van der Waals surface area contributed by atoms with Gasteiger partial charge in [0.25, 0.3) is 5.91 Å². The van der Waals surface area contributed by atoms with Crippen molar-refractivity contribution in [3.63, 3.8) is 0 Å². The van der Waals surface area contributed by atoms with Gasteiger partial charge in [0.15, 0.2) is 0 Å². The number of nitrogens with zero attached hydrogens (tertiary/aromatic N) is 3. The van der Waals surface area contributed by atoms with E-state index >= 15 is 0 Å². The Morgan fingerprint density at radius 3 is 2.82 bits per heavy atom. The summed E-state index contributed by atoms with van der Waals surface area (Å²) < 4.78 is 33.1. The van der Waals surface area contributed by atoms with Crippen LogP contribution in [-0.4, -0.2) is 35.9 Å². The van der Waals surface area contributed by atoms with Gasteiger partial charge >= 0.3 is 0 Å². The molecular weight excluding hydrogens is 472 g/mol. The predicted molar refractivity (Wildman–Crippen MR) is 128 cm³/mol. The summed E-state index contributed by atoms with van der Waals surface area (Å²) >= 11 is 1.33. The molecule has 0 unspecified atom stereocenters. The van der Waals surface area contributed by atoms with E-state index in [0.29, 0.717) is 25.2 Å². The molecular formula is C24H22N4O4S2. The summed E-state index contributed by atoms with van der Waals surface area (Å²) in [7, 11) is -3.59. The van der Waals surface area contributed by atoms with E-state index in [9.17, 15) is 13.2 Å². The van der Waals surface area contributed by atoms with Crippen LogP contribution in [0.2, 0.25) is 0 Å². The summed E-state index contributed by atoms with van der Waals surface area (Å²) in [4.78, 5) is 19.5. The molecule has 4 heterocycles. The predicted octanol–water partition coefficient (Wildman–Crippen LogP) is 3.78. The standard InChI is InChI=1S/C24H22N4O4S2/c1-16-21(13-26-34(30,31)19-8-10-33-15-19)20-7-9-28(14-18(20)12-25-16)24(29)23-11-22(27-32-23)17-5-3-2-4-6-17/h2-6,8,10-12,15,26H,7,9,13-14H2,1H3. The average molecular weight is 495 g/mol. The molecule has 1 aliphatic heterocycles. The number of nitrogens with one attached hydrogen (secondary N) is 1. The van der Waals surface area contributed by atoms with Gasteiger partial charge in [0, 0.05) is 48.5 Å². The second-order valence-corrected chi connectivity index (χ2v) is 10.6. The summed E-state index contributed by atoms with van der Waals surface area (Å²) in [6, 6.07) is 12.8. The van der Waals surface area contributed by atoms with Gasteiger partial charge in [0.05, 0.1) is 4.90 Å². The van der Waals surface area contributed by atoms with E-state index in [1.54, 1.807) is 34.0 Å². The molecule has 34 heavy (non-hydrogen) atoms. The zero-order chi connectivity index (χ0) is 23.7. The fourth-order valence-corrected chi connectivity index (χ4v) is 6.09. The minimum absolute atomic E-state index is 0.149. The highest BCUT2D eigenvalue weighted by Crippen LogP contribution is 2.26. The van der Waals surface area contributed by atoms with Gasteiger partial charge in [-0.1, -0.05) is 35.5 Å². The molecule has 1 amide bonds. The maximum atomic E-state index is 13.1. The molecule has 3 aromatic heterocycles. The third kappa shape index (κ3) is 4.39. The molecule has 0 aliphatic carbocycles. The second-order valence-electron chi connectivity index (χ2n) is 8.03. The maximum Gasteiger partial charge on any atom is 0.292 e. The first-order valence-electron chi connectivity index (χ1n) is 10.7. The van der Waals surface area contributed by atoms with Crippen molar-refractivity contribution in [2.45, 2.75) is 31.3 Å². The maximum absolute atomic E-state index is 13.1. The van der Waals surface area contributed by atoms with E-state index in [4.69, 9.17) is 4.52 Å². The number of rotatable bonds is 6. The number of hydrogen-bond acceptors (Lipinski definition) is 7. The van der Waals surface area contributed by atoms with E-state index in [-0.39, 0.29) is 23.1 Å². The van der Waals surface area contributed by atoms with Gasteiger partial charge in [-0.15, -0.1) is 0 Å². The summed E-state index contributed by atoms with van der Waals surface area (Å²) in [5.41, 5.74) is 5.05.